The Morgan fingerprint density at radius 1 is 1.12 bits per heavy atom. The van der Waals surface area contributed by atoms with E-state index in [1.165, 1.54) is 30.4 Å². The van der Waals surface area contributed by atoms with Gasteiger partial charge < -0.3 is 9.47 Å². The van der Waals surface area contributed by atoms with E-state index in [9.17, 15) is 4.79 Å². The molecule has 122 valence electrons. The molecule has 0 radical (unpaired) electrons. The zero-order chi connectivity index (χ0) is 16.5. The van der Waals surface area contributed by atoms with Gasteiger partial charge in [-0.25, -0.2) is 14.8 Å². The van der Waals surface area contributed by atoms with E-state index in [2.05, 4.69) is 9.97 Å². The summed E-state index contributed by atoms with van der Waals surface area (Å²) in [5.41, 5.74) is 1.83. The van der Waals surface area contributed by atoms with Gasteiger partial charge in [0.1, 0.15) is 16.9 Å². The molecule has 0 atom stereocenters. The second kappa shape index (κ2) is 6.20. The number of nitrogens with zero attached hydrogens (tertiary/aromatic N) is 2. The van der Waals surface area contributed by atoms with Gasteiger partial charge in [0.25, 0.3) is 0 Å². The molecule has 0 amide bonds. The van der Waals surface area contributed by atoms with E-state index in [4.69, 9.17) is 9.47 Å². The summed E-state index contributed by atoms with van der Waals surface area (Å²) >= 11 is 1.74. The molecule has 2 heterocycles. The standard InChI is InChI=1S/C18H16N2O3S/c1-22-18(21)11-6-8-12(9-7-11)23-16-15-13-4-2-3-5-14(13)24-17(15)20-10-19-16/h6-10H,2-5H2,1H3. The molecule has 1 aromatic carbocycles. The molecule has 24 heavy (non-hydrogen) atoms. The van der Waals surface area contributed by atoms with Crippen LogP contribution in [0.2, 0.25) is 0 Å². The average molecular weight is 340 g/mol. The zero-order valence-electron chi connectivity index (χ0n) is 13.2. The van der Waals surface area contributed by atoms with Crippen molar-refractivity contribution in [3.05, 3.63) is 46.6 Å². The molecule has 0 saturated heterocycles. The van der Waals surface area contributed by atoms with Crippen LogP contribution in [0.1, 0.15) is 33.6 Å². The topological polar surface area (TPSA) is 61.3 Å². The van der Waals surface area contributed by atoms with Crippen LogP contribution in [0.25, 0.3) is 10.2 Å². The van der Waals surface area contributed by atoms with Crippen molar-refractivity contribution < 1.29 is 14.3 Å². The lowest BCUT2D eigenvalue weighted by molar-refractivity contribution is 0.0600. The summed E-state index contributed by atoms with van der Waals surface area (Å²) in [6.45, 7) is 0. The highest BCUT2D eigenvalue weighted by molar-refractivity contribution is 7.18. The van der Waals surface area contributed by atoms with Crippen LogP contribution in [-0.2, 0) is 17.6 Å². The van der Waals surface area contributed by atoms with Crippen molar-refractivity contribution in [2.24, 2.45) is 0 Å². The fourth-order valence-electron chi connectivity index (χ4n) is 3.03. The first-order chi connectivity index (χ1) is 11.8. The maximum atomic E-state index is 11.5. The predicted molar refractivity (Wildman–Crippen MR) is 91.9 cm³/mol. The van der Waals surface area contributed by atoms with Gasteiger partial charge in [-0.1, -0.05) is 0 Å². The Bertz CT molecular complexity index is 903. The number of fused-ring (bicyclic) bond motifs is 3. The van der Waals surface area contributed by atoms with E-state index >= 15 is 0 Å². The first kappa shape index (κ1) is 15.1. The van der Waals surface area contributed by atoms with Gasteiger partial charge in [0, 0.05) is 4.88 Å². The molecular formula is C18H16N2O3S. The minimum atomic E-state index is -0.363. The normalized spacial score (nSPS) is 13.5. The molecule has 0 N–H and O–H groups in total. The maximum Gasteiger partial charge on any atom is 0.337 e. The van der Waals surface area contributed by atoms with Gasteiger partial charge in [-0.15, -0.1) is 11.3 Å². The molecule has 0 aliphatic heterocycles. The molecule has 3 aromatic rings. The second-order valence-electron chi connectivity index (χ2n) is 5.69. The van der Waals surface area contributed by atoms with E-state index in [1.807, 2.05) is 0 Å². The summed E-state index contributed by atoms with van der Waals surface area (Å²) in [5, 5.41) is 1.04. The number of methoxy groups -OCH3 is 1. The Balaban J connectivity index is 1.69. The molecule has 1 aliphatic carbocycles. The number of thiophene rings is 1. The zero-order valence-corrected chi connectivity index (χ0v) is 14.1. The third kappa shape index (κ3) is 2.63. The number of carbonyl (C=O) groups is 1. The quantitative estimate of drug-likeness (QED) is 0.670. The van der Waals surface area contributed by atoms with E-state index in [-0.39, 0.29) is 5.97 Å². The van der Waals surface area contributed by atoms with Crippen LogP contribution in [0.15, 0.2) is 30.6 Å². The summed E-state index contributed by atoms with van der Waals surface area (Å²) in [4.78, 5) is 22.6. The summed E-state index contributed by atoms with van der Waals surface area (Å²) in [5.74, 6) is 0.863. The van der Waals surface area contributed by atoms with Gasteiger partial charge in [0.05, 0.1) is 18.1 Å². The number of aryl methyl sites for hydroxylation is 2. The molecular weight excluding hydrogens is 324 g/mol. The molecule has 5 nitrogen and oxygen atoms in total. The third-order valence-electron chi connectivity index (χ3n) is 4.21. The van der Waals surface area contributed by atoms with Crippen LogP contribution in [0, 0.1) is 0 Å². The van der Waals surface area contributed by atoms with Crippen LogP contribution in [-0.4, -0.2) is 23.0 Å². The second-order valence-corrected chi connectivity index (χ2v) is 6.77. The Hall–Kier alpha value is -2.47. The minimum Gasteiger partial charge on any atom is -0.465 e. The molecule has 0 bridgehead atoms. The lowest BCUT2D eigenvalue weighted by atomic mass is 9.97. The van der Waals surface area contributed by atoms with E-state index in [1.54, 1.807) is 41.9 Å². The van der Waals surface area contributed by atoms with Crippen molar-refractivity contribution in [2.45, 2.75) is 25.7 Å². The van der Waals surface area contributed by atoms with E-state index in [0.717, 1.165) is 23.1 Å². The lowest BCUT2D eigenvalue weighted by Gasteiger charge is -2.12. The Morgan fingerprint density at radius 2 is 1.92 bits per heavy atom. The summed E-state index contributed by atoms with van der Waals surface area (Å²) in [6.07, 6.45) is 6.14. The number of ether oxygens (including phenoxy) is 2. The van der Waals surface area contributed by atoms with Crippen molar-refractivity contribution in [1.29, 1.82) is 0 Å². The largest absolute Gasteiger partial charge is 0.465 e. The molecule has 0 saturated carbocycles. The van der Waals surface area contributed by atoms with Crippen molar-refractivity contribution in [3.8, 4) is 11.6 Å². The van der Waals surface area contributed by atoms with Crippen molar-refractivity contribution >= 4 is 27.5 Å². The Kier molecular flexibility index (Phi) is 3.90. The first-order valence-corrected chi connectivity index (χ1v) is 8.69. The van der Waals surface area contributed by atoms with Crippen molar-refractivity contribution in [2.75, 3.05) is 7.11 Å². The molecule has 4 rings (SSSR count). The minimum absolute atomic E-state index is 0.363. The van der Waals surface area contributed by atoms with E-state index < -0.39 is 0 Å². The molecule has 0 spiro atoms. The SMILES string of the molecule is COC(=O)c1ccc(Oc2ncnc3sc4c(c23)CCCC4)cc1. The van der Waals surface area contributed by atoms with E-state index in [0.29, 0.717) is 17.2 Å². The summed E-state index contributed by atoms with van der Waals surface area (Å²) < 4.78 is 10.7. The van der Waals surface area contributed by atoms with Gasteiger partial charge in [0.15, 0.2) is 0 Å². The number of benzene rings is 1. The molecule has 2 aromatic heterocycles. The summed E-state index contributed by atoms with van der Waals surface area (Å²) in [6, 6.07) is 6.86. The van der Waals surface area contributed by atoms with Gasteiger partial charge in [-0.3, -0.25) is 0 Å². The summed E-state index contributed by atoms with van der Waals surface area (Å²) in [7, 11) is 1.37. The number of hydrogen-bond donors (Lipinski definition) is 0. The Labute approximate surface area is 143 Å². The van der Waals surface area contributed by atoms with Gasteiger partial charge in [-0.2, -0.15) is 0 Å². The number of rotatable bonds is 3. The smallest absolute Gasteiger partial charge is 0.337 e. The van der Waals surface area contributed by atoms with Crippen LogP contribution in [0.5, 0.6) is 11.6 Å². The van der Waals surface area contributed by atoms with Gasteiger partial charge in [-0.05, 0) is 55.5 Å². The monoisotopic (exact) mass is 340 g/mol. The molecule has 0 fully saturated rings. The lowest BCUT2D eigenvalue weighted by Crippen LogP contribution is -2.01. The maximum absolute atomic E-state index is 11.5. The van der Waals surface area contributed by atoms with Crippen molar-refractivity contribution in [1.82, 2.24) is 9.97 Å². The van der Waals surface area contributed by atoms with Crippen LogP contribution in [0.3, 0.4) is 0 Å². The highest BCUT2D eigenvalue weighted by atomic mass is 32.1. The highest BCUT2D eigenvalue weighted by Crippen LogP contribution is 2.40. The molecule has 0 unspecified atom stereocenters. The van der Waals surface area contributed by atoms with Crippen molar-refractivity contribution in [3.63, 3.8) is 0 Å². The molecule has 1 aliphatic rings. The average Bonchev–Trinajstić information content (AvgIpc) is 3.01. The molecule has 6 heteroatoms. The first-order valence-electron chi connectivity index (χ1n) is 7.88. The fourth-order valence-corrected chi connectivity index (χ4v) is 4.25. The Morgan fingerprint density at radius 3 is 2.71 bits per heavy atom. The number of esters is 1. The fraction of sp³-hybridized carbons (Fsp3) is 0.278. The van der Waals surface area contributed by atoms with Gasteiger partial charge in [0.2, 0.25) is 5.88 Å². The number of carbonyl (C=O) groups excluding carboxylic acids is 1. The number of aromatic nitrogens is 2. The van der Waals surface area contributed by atoms with Gasteiger partial charge >= 0.3 is 5.97 Å². The predicted octanol–water partition coefficient (Wildman–Crippen LogP) is 4.15. The third-order valence-corrected chi connectivity index (χ3v) is 5.41. The number of hydrogen-bond acceptors (Lipinski definition) is 6. The van der Waals surface area contributed by atoms with Crippen LogP contribution in [0.4, 0.5) is 0 Å². The van der Waals surface area contributed by atoms with Crippen LogP contribution < -0.4 is 4.74 Å². The highest BCUT2D eigenvalue weighted by Gasteiger charge is 2.20. The van der Waals surface area contributed by atoms with Crippen LogP contribution >= 0.6 is 11.3 Å².